The lowest BCUT2D eigenvalue weighted by Crippen LogP contribution is -2.32. The summed E-state index contributed by atoms with van der Waals surface area (Å²) in [5.74, 6) is 1.14. The first-order valence-corrected chi connectivity index (χ1v) is 12.1. The van der Waals surface area contributed by atoms with Crippen LogP contribution in [0.3, 0.4) is 0 Å². The standard InChI is InChI=1S/C22H29N3O5S/c1-29-21-13-18(7-10-20(21)30-16-22(26)25-11-3-4-12-25)15-23-14-17-5-8-19(9-6-17)24-31(2,27)28/h5-10,13,23-24H,3-4,11-12,14-16H2,1-2H3. The Balaban J connectivity index is 1.49. The van der Waals surface area contributed by atoms with Crippen LogP contribution in [0.1, 0.15) is 24.0 Å². The van der Waals surface area contributed by atoms with Crippen LogP contribution in [-0.4, -0.2) is 52.3 Å². The topological polar surface area (TPSA) is 97.0 Å². The number of nitrogens with zero attached hydrogens (tertiary/aromatic N) is 1. The van der Waals surface area contributed by atoms with Crippen LogP contribution in [0.4, 0.5) is 5.69 Å². The molecule has 1 amide bonds. The molecule has 0 spiro atoms. The van der Waals surface area contributed by atoms with Gasteiger partial charge in [-0.05, 0) is 48.2 Å². The summed E-state index contributed by atoms with van der Waals surface area (Å²) in [6.45, 7) is 2.87. The molecule has 8 nitrogen and oxygen atoms in total. The number of benzene rings is 2. The van der Waals surface area contributed by atoms with Crippen LogP contribution in [0.5, 0.6) is 11.5 Å². The maximum absolute atomic E-state index is 12.2. The lowest BCUT2D eigenvalue weighted by molar-refractivity contribution is -0.132. The van der Waals surface area contributed by atoms with Gasteiger partial charge in [-0.15, -0.1) is 0 Å². The monoisotopic (exact) mass is 447 g/mol. The summed E-state index contributed by atoms with van der Waals surface area (Å²) < 4.78 is 36.1. The second-order valence-corrected chi connectivity index (χ2v) is 9.28. The van der Waals surface area contributed by atoms with E-state index in [1.54, 1.807) is 19.2 Å². The Labute approximate surface area is 183 Å². The van der Waals surface area contributed by atoms with E-state index in [1.165, 1.54) is 0 Å². The van der Waals surface area contributed by atoms with Gasteiger partial charge in [0, 0.05) is 31.9 Å². The number of carbonyl (C=O) groups is 1. The van der Waals surface area contributed by atoms with Crippen molar-refractivity contribution in [2.75, 3.05) is 37.8 Å². The third-order valence-electron chi connectivity index (χ3n) is 4.95. The van der Waals surface area contributed by atoms with Gasteiger partial charge in [0.2, 0.25) is 10.0 Å². The van der Waals surface area contributed by atoms with E-state index in [1.807, 2.05) is 35.2 Å². The molecule has 31 heavy (non-hydrogen) atoms. The summed E-state index contributed by atoms with van der Waals surface area (Å²) >= 11 is 0. The van der Waals surface area contributed by atoms with Crippen LogP contribution in [0.15, 0.2) is 42.5 Å². The third-order valence-corrected chi connectivity index (χ3v) is 5.56. The molecule has 0 unspecified atom stereocenters. The van der Waals surface area contributed by atoms with Crippen molar-refractivity contribution in [3.63, 3.8) is 0 Å². The highest BCUT2D eigenvalue weighted by molar-refractivity contribution is 7.92. The summed E-state index contributed by atoms with van der Waals surface area (Å²) in [6.07, 6.45) is 3.23. The number of hydrogen-bond acceptors (Lipinski definition) is 6. The van der Waals surface area contributed by atoms with Crippen LogP contribution < -0.4 is 19.5 Å². The predicted molar refractivity (Wildman–Crippen MR) is 120 cm³/mol. The quantitative estimate of drug-likeness (QED) is 0.580. The van der Waals surface area contributed by atoms with E-state index in [0.29, 0.717) is 30.3 Å². The minimum Gasteiger partial charge on any atom is -0.493 e. The molecule has 2 aromatic rings. The molecule has 1 saturated heterocycles. The molecule has 2 aromatic carbocycles. The second kappa shape index (κ2) is 10.5. The number of amides is 1. The maximum atomic E-state index is 12.2. The first-order valence-electron chi connectivity index (χ1n) is 10.2. The van der Waals surface area contributed by atoms with Gasteiger partial charge in [-0.2, -0.15) is 0 Å². The lowest BCUT2D eigenvalue weighted by Gasteiger charge is -2.17. The molecule has 0 bridgehead atoms. The molecule has 0 radical (unpaired) electrons. The molecule has 168 valence electrons. The zero-order chi connectivity index (χ0) is 22.3. The number of rotatable bonds is 10. The minimum atomic E-state index is -3.28. The SMILES string of the molecule is COc1cc(CNCc2ccc(NS(C)(=O)=O)cc2)ccc1OCC(=O)N1CCCC1. The summed E-state index contributed by atoms with van der Waals surface area (Å²) in [4.78, 5) is 14.0. The highest BCUT2D eigenvalue weighted by atomic mass is 32.2. The molecule has 2 N–H and O–H groups in total. The number of sulfonamides is 1. The third kappa shape index (κ3) is 7.15. The van der Waals surface area contributed by atoms with Crippen molar-refractivity contribution in [3.05, 3.63) is 53.6 Å². The molecular formula is C22H29N3O5S. The Morgan fingerprint density at radius 2 is 1.65 bits per heavy atom. The van der Waals surface area contributed by atoms with Crippen molar-refractivity contribution in [3.8, 4) is 11.5 Å². The normalized spacial score (nSPS) is 13.8. The number of hydrogen-bond donors (Lipinski definition) is 2. The zero-order valence-electron chi connectivity index (χ0n) is 17.9. The Morgan fingerprint density at radius 1 is 1.00 bits per heavy atom. The largest absolute Gasteiger partial charge is 0.493 e. The molecule has 0 aliphatic carbocycles. The van der Waals surface area contributed by atoms with E-state index in [4.69, 9.17) is 9.47 Å². The van der Waals surface area contributed by atoms with E-state index in [2.05, 4.69) is 10.0 Å². The summed E-state index contributed by atoms with van der Waals surface area (Å²) in [6, 6.07) is 12.9. The Hall–Kier alpha value is -2.78. The average molecular weight is 448 g/mol. The summed E-state index contributed by atoms with van der Waals surface area (Å²) in [5, 5.41) is 3.35. The van der Waals surface area contributed by atoms with Crippen LogP contribution in [-0.2, 0) is 27.9 Å². The summed E-state index contributed by atoms with van der Waals surface area (Å²) in [5.41, 5.74) is 2.59. The molecule has 1 aliphatic heterocycles. The first kappa shape index (κ1) is 22.9. The van der Waals surface area contributed by atoms with E-state index >= 15 is 0 Å². The van der Waals surface area contributed by atoms with Crippen LogP contribution in [0.2, 0.25) is 0 Å². The van der Waals surface area contributed by atoms with Crippen molar-refractivity contribution in [1.29, 1.82) is 0 Å². The molecule has 1 heterocycles. The van der Waals surface area contributed by atoms with Crippen molar-refractivity contribution in [1.82, 2.24) is 10.2 Å². The van der Waals surface area contributed by atoms with Gasteiger partial charge in [0.05, 0.1) is 13.4 Å². The van der Waals surface area contributed by atoms with E-state index < -0.39 is 10.0 Å². The van der Waals surface area contributed by atoms with Crippen LogP contribution in [0, 0.1) is 0 Å². The fourth-order valence-electron chi connectivity index (χ4n) is 3.39. The molecule has 0 aromatic heterocycles. The number of methoxy groups -OCH3 is 1. The van der Waals surface area contributed by atoms with Crippen molar-refractivity contribution in [2.45, 2.75) is 25.9 Å². The van der Waals surface area contributed by atoms with Gasteiger partial charge in [-0.1, -0.05) is 18.2 Å². The van der Waals surface area contributed by atoms with Gasteiger partial charge in [0.25, 0.3) is 5.91 Å². The fraction of sp³-hybridized carbons (Fsp3) is 0.409. The number of carbonyl (C=O) groups excluding carboxylic acids is 1. The first-order chi connectivity index (χ1) is 14.8. The Bertz CT molecular complexity index is 987. The van der Waals surface area contributed by atoms with E-state index in [0.717, 1.165) is 43.3 Å². The predicted octanol–water partition coefficient (Wildman–Crippen LogP) is 2.36. The minimum absolute atomic E-state index is 0.00282. The molecule has 0 saturated carbocycles. The summed E-state index contributed by atoms with van der Waals surface area (Å²) in [7, 11) is -1.70. The Morgan fingerprint density at radius 3 is 2.29 bits per heavy atom. The number of nitrogens with one attached hydrogen (secondary N) is 2. The molecular weight excluding hydrogens is 418 g/mol. The number of anilines is 1. The average Bonchev–Trinajstić information content (AvgIpc) is 3.27. The lowest BCUT2D eigenvalue weighted by atomic mass is 10.1. The van der Waals surface area contributed by atoms with Gasteiger partial charge >= 0.3 is 0 Å². The van der Waals surface area contributed by atoms with Crippen molar-refractivity contribution >= 4 is 21.6 Å². The molecule has 1 fully saturated rings. The van der Waals surface area contributed by atoms with Crippen LogP contribution >= 0.6 is 0 Å². The second-order valence-electron chi connectivity index (χ2n) is 7.54. The van der Waals surface area contributed by atoms with Gasteiger partial charge in [-0.3, -0.25) is 9.52 Å². The number of ether oxygens (including phenoxy) is 2. The van der Waals surface area contributed by atoms with E-state index in [9.17, 15) is 13.2 Å². The highest BCUT2D eigenvalue weighted by Crippen LogP contribution is 2.28. The number of likely N-dealkylation sites (tertiary alicyclic amines) is 1. The maximum Gasteiger partial charge on any atom is 0.260 e. The van der Waals surface area contributed by atoms with Crippen LogP contribution in [0.25, 0.3) is 0 Å². The van der Waals surface area contributed by atoms with Crippen molar-refractivity contribution in [2.24, 2.45) is 0 Å². The highest BCUT2D eigenvalue weighted by Gasteiger charge is 2.18. The fourth-order valence-corrected chi connectivity index (χ4v) is 3.96. The molecule has 3 rings (SSSR count). The molecule has 1 aliphatic rings. The Kier molecular flexibility index (Phi) is 7.75. The van der Waals surface area contributed by atoms with Gasteiger partial charge in [0.15, 0.2) is 18.1 Å². The van der Waals surface area contributed by atoms with E-state index in [-0.39, 0.29) is 12.5 Å². The zero-order valence-corrected chi connectivity index (χ0v) is 18.7. The smallest absolute Gasteiger partial charge is 0.260 e. The molecule has 9 heteroatoms. The van der Waals surface area contributed by atoms with Gasteiger partial charge < -0.3 is 19.7 Å². The van der Waals surface area contributed by atoms with Gasteiger partial charge in [0.1, 0.15) is 0 Å². The van der Waals surface area contributed by atoms with Gasteiger partial charge in [-0.25, -0.2) is 8.42 Å². The molecule has 0 atom stereocenters. The van der Waals surface area contributed by atoms with Crippen molar-refractivity contribution < 1.29 is 22.7 Å².